The molecule has 0 bridgehead atoms. The minimum atomic E-state index is -0.285. The molecule has 1 amide bonds. The first-order valence-electron chi connectivity index (χ1n) is 8.96. The van der Waals surface area contributed by atoms with Crippen molar-refractivity contribution in [2.45, 2.75) is 12.6 Å². The first-order valence-corrected chi connectivity index (χ1v) is 8.96. The summed E-state index contributed by atoms with van der Waals surface area (Å²) in [6.45, 7) is 0.591. The van der Waals surface area contributed by atoms with E-state index in [1.54, 1.807) is 13.3 Å². The zero-order chi connectivity index (χ0) is 18.6. The molecule has 0 fully saturated rings. The van der Waals surface area contributed by atoms with E-state index >= 15 is 0 Å². The maximum atomic E-state index is 13.2. The van der Waals surface area contributed by atoms with E-state index in [9.17, 15) is 4.79 Å². The molecule has 4 rings (SSSR count). The monoisotopic (exact) mass is 359 g/mol. The fourth-order valence-corrected chi connectivity index (χ4v) is 3.34. The van der Waals surface area contributed by atoms with Crippen molar-refractivity contribution in [3.8, 4) is 5.75 Å². The standard InChI is InChI=1S/C22H21N3O2/c1-27-17-11-9-16(10-12-17)13-15-25-21(20-8-4-5-14-23-20)24-19-7-3-2-6-18(19)22(25)26/h2-12,14,21,24H,13,15H2,1H3. The fourth-order valence-electron chi connectivity index (χ4n) is 3.34. The predicted octanol–water partition coefficient (Wildman–Crippen LogP) is 3.90. The maximum Gasteiger partial charge on any atom is 0.257 e. The van der Waals surface area contributed by atoms with Gasteiger partial charge in [0.25, 0.3) is 5.91 Å². The molecule has 3 aromatic rings. The molecule has 1 N–H and O–H groups in total. The molecule has 1 unspecified atom stereocenters. The Bertz CT molecular complexity index is 926. The number of methoxy groups -OCH3 is 1. The van der Waals surface area contributed by atoms with Crippen molar-refractivity contribution in [1.29, 1.82) is 0 Å². The van der Waals surface area contributed by atoms with Gasteiger partial charge >= 0.3 is 0 Å². The van der Waals surface area contributed by atoms with E-state index < -0.39 is 0 Å². The predicted molar refractivity (Wildman–Crippen MR) is 105 cm³/mol. The zero-order valence-corrected chi connectivity index (χ0v) is 15.1. The third kappa shape index (κ3) is 3.49. The van der Waals surface area contributed by atoms with Gasteiger partial charge < -0.3 is 15.0 Å². The summed E-state index contributed by atoms with van der Waals surface area (Å²) >= 11 is 0. The third-order valence-corrected chi connectivity index (χ3v) is 4.79. The van der Waals surface area contributed by atoms with Crippen LogP contribution in [0.3, 0.4) is 0 Å². The van der Waals surface area contributed by atoms with Crippen LogP contribution in [-0.4, -0.2) is 29.4 Å². The number of hydrogen-bond donors (Lipinski definition) is 1. The molecule has 1 aromatic heterocycles. The van der Waals surface area contributed by atoms with Crippen LogP contribution in [0.1, 0.15) is 27.8 Å². The van der Waals surface area contributed by atoms with Gasteiger partial charge in [-0.05, 0) is 48.4 Å². The minimum Gasteiger partial charge on any atom is -0.497 e. The fraction of sp³-hybridized carbons (Fsp3) is 0.182. The summed E-state index contributed by atoms with van der Waals surface area (Å²) in [7, 11) is 1.65. The lowest BCUT2D eigenvalue weighted by atomic mass is 10.0. The van der Waals surface area contributed by atoms with E-state index in [0.29, 0.717) is 12.1 Å². The molecule has 1 aliphatic rings. The van der Waals surface area contributed by atoms with Crippen molar-refractivity contribution in [2.24, 2.45) is 0 Å². The van der Waals surface area contributed by atoms with Crippen LogP contribution in [0.15, 0.2) is 72.9 Å². The Labute approximate surface area is 158 Å². The second kappa shape index (κ2) is 7.50. The Balaban J connectivity index is 1.61. The van der Waals surface area contributed by atoms with Crippen LogP contribution in [0.4, 0.5) is 5.69 Å². The first kappa shape index (κ1) is 17.1. The number of carbonyl (C=O) groups excluding carboxylic acids is 1. The number of anilines is 1. The van der Waals surface area contributed by atoms with Crippen molar-refractivity contribution in [3.63, 3.8) is 0 Å². The molecule has 0 aliphatic carbocycles. The normalized spacial score (nSPS) is 15.8. The average Bonchev–Trinajstić information content (AvgIpc) is 2.74. The van der Waals surface area contributed by atoms with Crippen molar-refractivity contribution in [3.05, 3.63) is 89.7 Å². The summed E-state index contributed by atoms with van der Waals surface area (Å²) in [6, 6.07) is 21.3. The van der Waals surface area contributed by atoms with Gasteiger partial charge in [-0.3, -0.25) is 9.78 Å². The van der Waals surface area contributed by atoms with E-state index in [1.165, 1.54) is 0 Å². The number of nitrogens with one attached hydrogen (secondary N) is 1. The zero-order valence-electron chi connectivity index (χ0n) is 15.1. The molecule has 2 heterocycles. The molecule has 0 radical (unpaired) electrons. The van der Waals surface area contributed by atoms with Gasteiger partial charge in [0.05, 0.1) is 18.4 Å². The number of fused-ring (bicyclic) bond motifs is 1. The van der Waals surface area contributed by atoms with Gasteiger partial charge in [0.15, 0.2) is 0 Å². The number of para-hydroxylation sites is 1. The van der Waals surface area contributed by atoms with E-state index in [1.807, 2.05) is 71.6 Å². The van der Waals surface area contributed by atoms with E-state index in [0.717, 1.165) is 29.1 Å². The second-order valence-electron chi connectivity index (χ2n) is 6.44. The molecule has 0 spiro atoms. The van der Waals surface area contributed by atoms with Crippen LogP contribution in [-0.2, 0) is 6.42 Å². The van der Waals surface area contributed by atoms with Crippen molar-refractivity contribution < 1.29 is 9.53 Å². The van der Waals surface area contributed by atoms with Gasteiger partial charge in [-0.2, -0.15) is 0 Å². The van der Waals surface area contributed by atoms with Crippen LogP contribution in [0.25, 0.3) is 0 Å². The van der Waals surface area contributed by atoms with Gasteiger partial charge in [-0.15, -0.1) is 0 Å². The minimum absolute atomic E-state index is 0.0218. The number of carbonyl (C=O) groups is 1. The number of amides is 1. The molecular weight excluding hydrogens is 338 g/mol. The topological polar surface area (TPSA) is 54.5 Å². The maximum absolute atomic E-state index is 13.2. The van der Waals surface area contributed by atoms with Crippen molar-refractivity contribution >= 4 is 11.6 Å². The summed E-state index contributed by atoms with van der Waals surface area (Å²) in [4.78, 5) is 19.5. The molecule has 5 heteroatoms. The van der Waals surface area contributed by atoms with Crippen LogP contribution in [0.5, 0.6) is 5.75 Å². The van der Waals surface area contributed by atoms with Crippen LogP contribution >= 0.6 is 0 Å². The summed E-state index contributed by atoms with van der Waals surface area (Å²) in [6.07, 6.45) is 2.22. The van der Waals surface area contributed by atoms with Crippen molar-refractivity contribution in [2.75, 3.05) is 19.0 Å². The lowest BCUT2D eigenvalue weighted by molar-refractivity contribution is 0.0682. The van der Waals surface area contributed by atoms with Crippen LogP contribution in [0, 0.1) is 0 Å². The molecule has 27 heavy (non-hydrogen) atoms. The molecule has 136 valence electrons. The molecule has 0 saturated heterocycles. The number of ether oxygens (including phenoxy) is 1. The quantitative estimate of drug-likeness (QED) is 0.751. The van der Waals surface area contributed by atoms with Gasteiger partial charge in [0.1, 0.15) is 11.9 Å². The number of aromatic nitrogens is 1. The van der Waals surface area contributed by atoms with E-state index in [4.69, 9.17) is 4.74 Å². The summed E-state index contributed by atoms with van der Waals surface area (Å²) in [5, 5.41) is 3.47. The Hall–Kier alpha value is -3.34. The Morgan fingerprint density at radius 2 is 1.81 bits per heavy atom. The van der Waals surface area contributed by atoms with Gasteiger partial charge in [-0.25, -0.2) is 0 Å². The summed E-state index contributed by atoms with van der Waals surface area (Å²) in [5.41, 5.74) is 3.52. The Morgan fingerprint density at radius 3 is 2.56 bits per heavy atom. The smallest absolute Gasteiger partial charge is 0.257 e. The molecule has 0 saturated carbocycles. The highest BCUT2D eigenvalue weighted by Gasteiger charge is 2.33. The summed E-state index contributed by atoms with van der Waals surface area (Å²) < 4.78 is 5.21. The molecule has 2 aromatic carbocycles. The third-order valence-electron chi connectivity index (χ3n) is 4.79. The summed E-state index contributed by atoms with van der Waals surface area (Å²) in [5.74, 6) is 0.850. The van der Waals surface area contributed by atoms with Gasteiger partial charge in [0, 0.05) is 18.4 Å². The molecular formula is C22H21N3O2. The molecule has 5 nitrogen and oxygen atoms in total. The lowest BCUT2D eigenvalue weighted by Gasteiger charge is -2.37. The number of hydrogen-bond acceptors (Lipinski definition) is 4. The van der Waals surface area contributed by atoms with Gasteiger partial charge in [-0.1, -0.05) is 30.3 Å². The Kier molecular flexibility index (Phi) is 4.75. The number of benzene rings is 2. The number of pyridine rings is 1. The van der Waals surface area contributed by atoms with Crippen molar-refractivity contribution in [1.82, 2.24) is 9.88 Å². The SMILES string of the molecule is COc1ccc(CCN2C(=O)c3ccccc3NC2c2ccccn2)cc1. The lowest BCUT2D eigenvalue weighted by Crippen LogP contribution is -2.44. The highest BCUT2D eigenvalue weighted by Crippen LogP contribution is 2.32. The van der Waals surface area contributed by atoms with E-state index in [2.05, 4.69) is 10.3 Å². The largest absolute Gasteiger partial charge is 0.497 e. The second-order valence-corrected chi connectivity index (χ2v) is 6.44. The highest BCUT2D eigenvalue weighted by molar-refractivity contribution is 6.01. The average molecular weight is 359 g/mol. The molecule has 1 atom stereocenters. The van der Waals surface area contributed by atoms with Gasteiger partial charge in [0.2, 0.25) is 0 Å². The van der Waals surface area contributed by atoms with Crippen LogP contribution in [0.2, 0.25) is 0 Å². The van der Waals surface area contributed by atoms with Crippen LogP contribution < -0.4 is 10.1 Å². The number of rotatable bonds is 5. The number of nitrogens with zero attached hydrogens (tertiary/aromatic N) is 2. The first-order chi connectivity index (χ1) is 13.3. The van der Waals surface area contributed by atoms with E-state index in [-0.39, 0.29) is 12.1 Å². The Morgan fingerprint density at radius 1 is 1.04 bits per heavy atom. The highest BCUT2D eigenvalue weighted by atomic mass is 16.5. The molecule has 1 aliphatic heterocycles.